The number of hydrogen-bond acceptors (Lipinski definition) is 6. The van der Waals surface area contributed by atoms with Crippen LogP contribution >= 0.6 is 0 Å². The van der Waals surface area contributed by atoms with Crippen LogP contribution in [0.3, 0.4) is 0 Å². The number of carbonyl (C=O) groups is 1. The molecule has 162 valence electrons. The maximum Gasteiger partial charge on any atom is 0.516 e. The second-order valence-electron chi connectivity index (χ2n) is 6.09. The average molecular weight is 446 g/mol. The van der Waals surface area contributed by atoms with Crippen molar-refractivity contribution in [3.8, 4) is 0 Å². The number of carbonyl (C=O) groups excluding carboxylic acids is 1. The van der Waals surface area contributed by atoms with Gasteiger partial charge in [-0.15, -0.1) is 0 Å². The van der Waals surface area contributed by atoms with Crippen molar-refractivity contribution < 1.29 is 36.0 Å². The first-order valence-electron chi connectivity index (χ1n) is 8.46. The maximum atomic E-state index is 13.3. The third-order valence-corrected chi connectivity index (χ3v) is 5.71. The van der Waals surface area contributed by atoms with Gasteiger partial charge in [-0.05, 0) is 30.5 Å². The van der Waals surface area contributed by atoms with E-state index in [2.05, 4.69) is 4.74 Å². The van der Waals surface area contributed by atoms with Crippen molar-refractivity contribution in [3.05, 3.63) is 70.3 Å². The van der Waals surface area contributed by atoms with Crippen LogP contribution in [0.25, 0.3) is 0 Å². The van der Waals surface area contributed by atoms with Crippen LogP contribution < -0.4 is 4.31 Å². The fraction of sp³-hybridized carbons (Fsp3) is 0.278. The number of non-ortho nitro benzene ring substituents is 1. The van der Waals surface area contributed by atoms with Gasteiger partial charge in [0.05, 0.1) is 17.7 Å². The van der Waals surface area contributed by atoms with Gasteiger partial charge in [-0.2, -0.15) is 21.6 Å². The van der Waals surface area contributed by atoms with Crippen molar-refractivity contribution in [2.45, 2.75) is 24.4 Å². The zero-order chi connectivity index (χ0) is 22.5. The monoisotopic (exact) mass is 446 g/mol. The highest BCUT2D eigenvalue weighted by Gasteiger charge is 2.53. The van der Waals surface area contributed by atoms with Crippen molar-refractivity contribution in [3.63, 3.8) is 0 Å². The van der Waals surface area contributed by atoms with Gasteiger partial charge in [0, 0.05) is 12.1 Å². The number of nitro benzene ring substituents is 1. The maximum absolute atomic E-state index is 13.3. The zero-order valence-electron chi connectivity index (χ0n) is 15.6. The molecular weight excluding hydrogens is 429 g/mol. The topological polar surface area (TPSA) is 107 Å². The molecule has 8 nitrogen and oxygen atoms in total. The second-order valence-corrected chi connectivity index (χ2v) is 7.89. The second kappa shape index (κ2) is 9.11. The molecule has 0 radical (unpaired) electrons. The molecule has 0 bridgehead atoms. The molecule has 0 heterocycles. The third kappa shape index (κ3) is 5.06. The number of esters is 1. The summed E-state index contributed by atoms with van der Waals surface area (Å²) in [6.07, 6.45) is -0.518. The minimum Gasteiger partial charge on any atom is -0.467 e. The number of aryl methyl sites for hydroxylation is 1. The SMILES string of the molecule is COC(=O)C(CCc1cccc([N+](=O)[O-])c1)N(c1ccccc1)S(=O)(=O)C(F)(F)F. The molecule has 0 aliphatic carbocycles. The summed E-state index contributed by atoms with van der Waals surface area (Å²) in [5.41, 5.74) is -5.94. The summed E-state index contributed by atoms with van der Waals surface area (Å²) in [5, 5.41) is 10.9. The Bertz CT molecular complexity index is 1010. The minimum atomic E-state index is -5.95. The molecule has 0 N–H and O–H groups in total. The van der Waals surface area contributed by atoms with Crippen molar-refractivity contribution in [2.75, 3.05) is 11.4 Å². The van der Waals surface area contributed by atoms with E-state index in [0.717, 1.165) is 19.2 Å². The Hall–Kier alpha value is -3.15. The number of sulfonamides is 1. The first-order valence-corrected chi connectivity index (χ1v) is 9.90. The minimum absolute atomic E-state index is 0.0177. The predicted octanol–water partition coefficient (Wildman–Crippen LogP) is 3.43. The molecular formula is C18H17F3N2O6S. The van der Waals surface area contributed by atoms with Crippen LogP contribution in [0.2, 0.25) is 0 Å². The Labute approximate surface area is 170 Å². The Morgan fingerprint density at radius 1 is 1.17 bits per heavy atom. The highest BCUT2D eigenvalue weighted by atomic mass is 32.2. The van der Waals surface area contributed by atoms with Crippen LogP contribution in [-0.4, -0.2) is 38.0 Å². The number of ether oxygens (including phenoxy) is 1. The van der Waals surface area contributed by atoms with Crippen molar-refractivity contribution in [2.24, 2.45) is 0 Å². The third-order valence-electron chi connectivity index (χ3n) is 4.15. The van der Waals surface area contributed by atoms with Crippen LogP contribution in [-0.2, 0) is 26.0 Å². The number of methoxy groups -OCH3 is 1. The molecule has 0 saturated carbocycles. The van der Waals surface area contributed by atoms with E-state index in [9.17, 15) is 36.5 Å². The number of nitrogens with zero attached hydrogens (tertiary/aromatic N) is 2. The van der Waals surface area contributed by atoms with Gasteiger partial charge in [0.1, 0.15) is 6.04 Å². The summed E-state index contributed by atoms with van der Waals surface area (Å²) in [7, 11) is -5.02. The van der Waals surface area contributed by atoms with E-state index in [1.807, 2.05) is 0 Å². The van der Waals surface area contributed by atoms with Gasteiger partial charge in [-0.3, -0.25) is 10.1 Å². The van der Waals surface area contributed by atoms with Crippen LogP contribution in [0, 0.1) is 10.1 Å². The summed E-state index contributed by atoms with van der Waals surface area (Å²) in [5.74, 6) is -1.20. The predicted molar refractivity (Wildman–Crippen MR) is 101 cm³/mol. The van der Waals surface area contributed by atoms with Crippen LogP contribution in [0.15, 0.2) is 54.6 Å². The van der Waals surface area contributed by atoms with Crippen molar-refractivity contribution >= 4 is 27.4 Å². The summed E-state index contributed by atoms with van der Waals surface area (Å²) in [6, 6.07) is 9.78. The molecule has 0 saturated heterocycles. The fourth-order valence-electron chi connectivity index (χ4n) is 2.77. The Balaban J connectivity index is 2.48. The molecule has 2 aromatic rings. The van der Waals surface area contributed by atoms with Crippen LogP contribution in [0.1, 0.15) is 12.0 Å². The van der Waals surface area contributed by atoms with Gasteiger partial charge >= 0.3 is 21.5 Å². The van der Waals surface area contributed by atoms with Gasteiger partial charge in [0.25, 0.3) is 5.69 Å². The summed E-state index contributed by atoms with van der Waals surface area (Å²) in [6.45, 7) is 0. The average Bonchev–Trinajstić information content (AvgIpc) is 2.70. The molecule has 12 heteroatoms. The van der Waals surface area contributed by atoms with Crippen molar-refractivity contribution in [1.29, 1.82) is 0 Å². The lowest BCUT2D eigenvalue weighted by atomic mass is 10.0. The zero-order valence-corrected chi connectivity index (χ0v) is 16.4. The standard InChI is InChI=1S/C18H17F3N2O6S/c1-29-17(24)16(11-10-13-6-5-9-15(12-13)23(25)26)22(14-7-3-2-4-8-14)30(27,28)18(19,20)21/h2-9,12,16H,10-11H2,1H3. The molecule has 1 atom stereocenters. The van der Waals surface area contributed by atoms with Crippen molar-refractivity contribution in [1.82, 2.24) is 0 Å². The normalized spacial score (nSPS) is 12.8. The van der Waals surface area contributed by atoms with E-state index in [0.29, 0.717) is 5.56 Å². The quantitative estimate of drug-likeness (QED) is 0.349. The molecule has 0 aliphatic heterocycles. The highest BCUT2D eigenvalue weighted by molar-refractivity contribution is 7.93. The van der Waals surface area contributed by atoms with E-state index < -0.39 is 38.9 Å². The summed E-state index contributed by atoms with van der Waals surface area (Å²) >= 11 is 0. The lowest BCUT2D eigenvalue weighted by Gasteiger charge is -2.31. The van der Waals surface area contributed by atoms with Gasteiger partial charge < -0.3 is 4.74 Å². The number of para-hydroxylation sites is 1. The number of rotatable bonds is 8. The van der Waals surface area contributed by atoms with Gasteiger partial charge in [0.15, 0.2) is 0 Å². The van der Waals surface area contributed by atoms with E-state index in [1.54, 1.807) is 0 Å². The molecule has 0 aromatic heterocycles. The van der Waals surface area contributed by atoms with Gasteiger partial charge in [-0.1, -0.05) is 30.3 Å². The molecule has 30 heavy (non-hydrogen) atoms. The fourth-order valence-corrected chi connectivity index (χ4v) is 3.92. The number of hydrogen-bond donors (Lipinski definition) is 0. The molecule has 0 fully saturated rings. The molecule has 2 aromatic carbocycles. The van der Waals surface area contributed by atoms with Crippen LogP contribution in [0.4, 0.5) is 24.5 Å². The molecule has 0 aliphatic rings. The van der Waals surface area contributed by atoms with Gasteiger partial charge in [0.2, 0.25) is 0 Å². The van der Waals surface area contributed by atoms with E-state index in [-0.39, 0.29) is 22.1 Å². The summed E-state index contributed by atoms with van der Waals surface area (Å²) in [4.78, 5) is 22.5. The molecule has 2 rings (SSSR count). The van der Waals surface area contributed by atoms with Gasteiger partial charge in [-0.25, -0.2) is 9.10 Å². The van der Waals surface area contributed by atoms with E-state index in [4.69, 9.17) is 0 Å². The molecule has 0 amide bonds. The Morgan fingerprint density at radius 3 is 2.33 bits per heavy atom. The molecule has 1 unspecified atom stereocenters. The number of benzene rings is 2. The first-order chi connectivity index (χ1) is 14.0. The Morgan fingerprint density at radius 2 is 1.80 bits per heavy atom. The number of alkyl halides is 3. The Kier molecular flexibility index (Phi) is 7.03. The summed E-state index contributed by atoms with van der Waals surface area (Å²) < 4.78 is 69.1. The lowest BCUT2D eigenvalue weighted by Crippen LogP contribution is -2.50. The number of halogens is 3. The smallest absolute Gasteiger partial charge is 0.467 e. The number of nitro groups is 1. The highest BCUT2D eigenvalue weighted by Crippen LogP contribution is 2.34. The largest absolute Gasteiger partial charge is 0.516 e. The first kappa shape index (κ1) is 23.1. The van der Waals surface area contributed by atoms with E-state index >= 15 is 0 Å². The van der Waals surface area contributed by atoms with Crippen LogP contribution in [0.5, 0.6) is 0 Å². The molecule has 0 spiro atoms. The van der Waals surface area contributed by atoms with E-state index in [1.165, 1.54) is 42.5 Å². The number of anilines is 1. The lowest BCUT2D eigenvalue weighted by molar-refractivity contribution is -0.384.